The van der Waals surface area contributed by atoms with E-state index in [2.05, 4.69) is 6.07 Å². The number of hydrogen-bond acceptors (Lipinski definition) is 2. The van der Waals surface area contributed by atoms with Crippen molar-refractivity contribution in [1.82, 2.24) is 0 Å². The molecular formula is C16H19NO. The molecule has 0 amide bonds. The van der Waals surface area contributed by atoms with Gasteiger partial charge in [-0.25, -0.2) is 0 Å². The van der Waals surface area contributed by atoms with Gasteiger partial charge < -0.3 is 4.79 Å². The second kappa shape index (κ2) is 6.35. The summed E-state index contributed by atoms with van der Waals surface area (Å²) in [5.74, 6) is 0.699. The molecule has 0 spiro atoms. The van der Waals surface area contributed by atoms with E-state index in [4.69, 9.17) is 5.26 Å². The Kier molecular flexibility index (Phi) is 4.52. The van der Waals surface area contributed by atoms with Crippen LogP contribution in [0.5, 0.6) is 0 Å². The van der Waals surface area contributed by atoms with Crippen LogP contribution in [0, 0.1) is 17.2 Å². The summed E-state index contributed by atoms with van der Waals surface area (Å²) in [6.45, 7) is 0. The molecule has 0 N–H and O–H groups in total. The summed E-state index contributed by atoms with van der Waals surface area (Å²) in [5, 5.41) is 8.77. The zero-order valence-electron chi connectivity index (χ0n) is 10.6. The molecule has 1 fully saturated rings. The fourth-order valence-electron chi connectivity index (χ4n) is 2.86. The summed E-state index contributed by atoms with van der Waals surface area (Å²) in [6, 6.07) is 9.54. The van der Waals surface area contributed by atoms with Gasteiger partial charge in [0.25, 0.3) is 0 Å². The van der Waals surface area contributed by atoms with Crippen molar-refractivity contribution in [1.29, 1.82) is 5.26 Å². The maximum atomic E-state index is 11.3. The van der Waals surface area contributed by atoms with E-state index in [1.165, 1.54) is 32.1 Å². The number of carbonyl (C=O) groups is 1. The Morgan fingerprint density at radius 2 is 1.89 bits per heavy atom. The predicted molar refractivity (Wildman–Crippen MR) is 71.2 cm³/mol. The van der Waals surface area contributed by atoms with Crippen LogP contribution in [0.3, 0.4) is 0 Å². The Balaban J connectivity index is 2.02. The zero-order chi connectivity index (χ0) is 12.8. The molecule has 1 unspecified atom stereocenters. The van der Waals surface area contributed by atoms with Crippen LogP contribution in [-0.2, 0) is 4.79 Å². The lowest BCUT2D eigenvalue weighted by molar-refractivity contribution is -0.109. The van der Waals surface area contributed by atoms with Gasteiger partial charge in [-0.05, 0) is 30.0 Å². The first-order valence-corrected chi connectivity index (χ1v) is 6.79. The van der Waals surface area contributed by atoms with Crippen LogP contribution in [0.25, 0.3) is 0 Å². The lowest BCUT2D eigenvalue weighted by Gasteiger charge is -2.24. The number of nitriles is 1. The SMILES string of the molecule is N#Cc1ccc(C(C=O)CC2CCCCC2)cc1. The van der Waals surface area contributed by atoms with Gasteiger partial charge in [0.2, 0.25) is 0 Å². The maximum Gasteiger partial charge on any atom is 0.127 e. The summed E-state index contributed by atoms with van der Waals surface area (Å²) in [5.41, 5.74) is 1.70. The second-order valence-electron chi connectivity index (χ2n) is 5.22. The van der Waals surface area contributed by atoms with Crippen LogP contribution < -0.4 is 0 Å². The lowest BCUT2D eigenvalue weighted by Crippen LogP contribution is -2.12. The largest absolute Gasteiger partial charge is 0.303 e. The van der Waals surface area contributed by atoms with Crippen LogP contribution in [0.15, 0.2) is 24.3 Å². The molecule has 1 atom stereocenters. The standard InChI is InChI=1S/C16H19NO/c17-11-14-6-8-15(9-7-14)16(12-18)10-13-4-2-1-3-5-13/h6-9,12-13,16H,1-5,10H2. The van der Waals surface area contributed by atoms with Gasteiger partial charge in [-0.1, -0.05) is 44.2 Å². The number of hydrogen-bond donors (Lipinski definition) is 0. The smallest absolute Gasteiger partial charge is 0.127 e. The van der Waals surface area contributed by atoms with Crippen molar-refractivity contribution in [2.24, 2.45) is 5.92 Å². The Hall–Kier alpha value is -1.62. The van der Waals surface area contributed by atoms with Gasteiger partial charge in [0.05, 0.1) is 11.6 Å². The molecule has 0 aromatic heterocycles. The summed E-state index contributed by atoms with van der Waals surface area (Å²) < 4.78 is 0. The number of carbonyl (C=O) groups excluding carboxylic acids is 1. The normalized spacial score (nSPS) is 17.9. The van der Waals surface area contributed by atoms with Crippen LogP contribution >= 0.6 is 0 Å². The van der Waals surface area contributed by atoms with E-state index < -0.39 is 0 Å². The molecule has 0 radical (unpaired) electrons. The summed E-state index contributed by atoms with van der Waals surface area (Å²) in [6.07, 6.45) is 8.53. The van der Waals surface area contributed by atoms with Crippen molar-refractivity contribution in [3.63, 3.8) is 0 Å². The Morgan fingerprint density at radius 1 is 1.22 bits per heavy atom. The van der Waals surface area contributed by atoms with Gasteiger partial charge in [-0.15, -0.1) is 0 Å². The molecular weight excluding hydrogens is 222 g/mol. The van der Waals surface area contributed by atoms with E-state index >= 15 is 0 Å². The predicted octanol–water partition coefficient (Wildman–Crippen LogP) is 3.81. The van der Waals surface area contributed by atoms with Gasteiger partial charge in [0.1, 0.15) is 6.29 Å². The van der Waals surface area contributed by atoms with Gasteiger partial charge >= 0.3 is 0 Å². The minimum atomic E-state index is 0.000780. The number of nitrogens with zero attached hydrogens (tertiary/aromatic N) is 1. The Morgan fingerprint density at radius 3 is 2.44 bits per heavy atom. The quantitative estimate of drug-likeness (QED) is 0.752. The van der Waals surface area contributed by atoms with Crippen LogP contribution in [0.2, 0.25) is 0 Å². The molecule has 2 nitrogen and oxygen atoms in total. The molecule has 0 heterocycles. The third-order valence-corrected chi connectivity index (χ3v) is 3.94. The Bertz CT molecular complexity index is 423. The molecule has 2 rings (SSSR count). The molecule has 0 saturated heterocycles. The lowest BCUT2D eigenvalue weighted by atomic mass is 9.81. The molecule has 94 valence electrons. The van der Waals surface area contributed by atoms with Crippen molar-refractivity contribution in [3.05, 3.63) is 35.4 Å². The molecule has 1 saturated carbocycles. The molecule has 0 bridgehead atoms. The average molecular weight is 241 g/mol. The first kappa shape index (κ1) is 12.8. The van der Waals surface area contributed by atoms with E-state index in [1.54, 1.807) is 12.1 Å². The summed E-state index contributed by atoms with van der Waals surface area (Å²) >= 11 is 0. The maximum absolute atomic E-state index is 11.3. The van der Waals surface area contributed by atoms with Gasteiger partial charge in [-0.3, -0.25) is 0 Å². The minimum Gasteiger partial charge on any atom is -0.303 e. The molecule has 2 heteroatoms. The topological polar surface area (TPSA) is 40.9 Å². The fraction of sp³-hybridized carbons (Fsp3) is 0.500. The van der Waals surface area contributed by atoms with Crippen molar-refractivity contribution in [2.45, 2.75) is 44.4 Å². The average Bonchev–Trinajstić information content (AvgIpc) is 2.46. The van der Waals surface area contributed by atoms with Crippen molar-refractivity contribution >= 4 is 6.29 Å². The highest BCUT2D eigenvalue weighted by Crippen LogP contribution is 2.32. The van der Waals surface area contributed by atoms with E-state index in [-0.39, 0.29) is 5.92 Å². The molecule has 1 aromatic carbocycles. The molecule has 18 heavy (non-hydrogen) atoms. The minimum absolute atomic E-state index is 0.000780. The van der Waals surface area contributed by atoms with E-state index in [1.807, 2.05) is 12.1 Å². The highest BCUT2D eigenvalue weighted by molar-refractivity contribution is 5.62. The first-order valence-electron chi connectivity index (χ1n) is 6.79. The van der Waals surface area contributed by atoms with Crippen LogP contribution in [0.4, 0.5) is 0 Å². The van der Waals surface area contributed by atoms with Crippen molar-refractivity contribution in [3.8, 4) is 6.07 Å². The number of benzene rings is 1. The molecule has 1 aliphatic carbocycles. The molecule has 0 aliphatic heterocycles. The number of aldehydes is 1. The van der Waals surface area contributed by atoms with Crippen LogP contribution in [-0.4, -0.2) is 6.29 Å². The van der Waals surface area contributed by atoms with Gasteiger partial charge in [-0.2, -0.15) is 5.26 Å². The van der Waals surface area contributed by atoms with E-state index in [0.717, 1.165) is 18.3 Å². The fourth-order valence-corrected chi connectivity index (χ4v) is 2.86. The molecule has 1 aromatic rings. The van der Waals surface area contributed by atoms with Crippen molar-refractivity contribution < 1.29 is 4.79 Å². The van der Waals surface area contributed by atoms with Gasteiger partial charge in [0.15, 0.2) is 0 Å². The third-order valence-electron chi connectivity index (χ3n) is 3.94. The zero-order valence-corrected chi connectivity index (χ0v) is 10.6. The van der Waals surface area contributed by atoms with E-state index in [0.29, 0.717) is 11.5 Å². The third kappa shape index (κ3) is 3.20. The second-order valence-corrected chi connectivity index (χ2v) is 5.22. The van der Waals surface area contributed by atoms with Crippen molar-refractivity contribution in [2.75, 3.05) is 0 Å². The highest BCUT2D eigenvalue weighted by Gasteiger charge is 2.19. The first-order chi connectivity index (χ1) is 8.83. The molecule has 1 aliphatic rings. The van der Waals surface area contributed by atoms with E-state index in [9.17, 15) is 4.79 Å². The summed E-state index contributed by atoms with van der Waals surface area (Å²) in [4.78, 5) is 11.3. The summed E-state index contributed by atoms with van der Waals surface area (Å²) in [7, 11) is 0. The van der Waals surface area contributed by atoms with Gasteiger partial charge in [0, 0.05) is 5.92 Å². The Labute approximate surface area is 109 Å². The van der Waals surface area contributed by atoms with Crippen LogP contribution in [0.1, 0.15) is 55.6 Å². The monoisotopic (exact) mass is 241 g/mol. The highest BCUT2D eigenvalue weighted by atomic mass is 16.1. The number of rotatable bonds is 4.